The molecule has 0 atom stereocenters. The minimum Gasteiger partial charge on any atom is -0.495 e. The lowest BCUT2D eigenvalue weighted by Gasteiger charge is -2.18. The van der Waals surface area contributed by atoms with Crippen molar-refractivity contribution in [2.45, 2.75) is 30.5 Å². The maximum atomic E-state index is 12.9. The highest BCUT2D eigenvalue weighted by molar-refractivity contribution is 7.89. The molecule has 1 aliphatic heterocycles. The smallest absolute Gasteiger partial charge is 0.416 e. The molecule has 0 aliphatic carbocycles. The van der Waals surface area contributed by atoms with Crippen molar-refractivity contribution in [1.82, 2.24) is 4.31 Å². The van der Waals surface area contributed by atoms with Crippen molar-refractivity contribution >= 4 is 16.0 Å². The number of hydrogen-bond acceptors (Lipinski definition) is 5. The van der Waals surface area contributed by atoms with Crippen LogP contribution in [-0.4, -0.2) is 38.9 Å². The SMILES string of the molecule is COc1ccc(C(=O)OCc2cccc(C(F)(F)F)c2)cc1S(=O)(=O)N1CCCC1. The van der Waals surface area contributed by atoms with Crippen LogP contribution in [0.1, 0.15) is 34.3 Å². The Kier molecular flexibility index (Phi) is 6.37. The van der Waals surface area contributed by atoms with E-state index in [1.165, 1.54) is 41.7 Å². The zero-order chi connectivity index (χ0) is 21.9. The van der Waals surface area contributed by atoms with Gasteiger partial charge in [0.25, 0.3) is 0 Å². The van der Waals surface area contributed by atoms with E-state index in [0.29, 0.717) is 13.1 Å². The predicted octanol–water partition coefficient (Wildman–Crippen LogP) is 3.86. The molecule has 2 aromatic carbocycles. The molecule has 0 N–H and O–H groups in total. The van der Waals surface area contributed by atoms with Crippen LogP contribution < -0.4 is 4.74 Å². The van der Waals surface area contributed by atoms with Crippen LogP contribution in [0.25, 0.3) is 0 Å². The molecule has 30 heavy (non-hydrogen) atoms. The van der Waals surface area contributed by atoms with Crippen LogP contribution in [0.15, 0.2) is 47.4 Å². The standard InChI is InChI=1S/C20H20F3NO5S/c1-28-17-8-7-15(12-18(17)30(26,27)24-9-2-3-10-24)19(25)29-13-14-5-4-6-16(11-14)20(21,22)23/h4-8,11-12H,2-3,9-10,13H2,1H3. The Morgan fingerprint density at radius 2 is 1.80 bits per heavy atom. The van der Waals surface area contributed by atoms with E-state index in [-0.39, 0.29) is 28.4 Å². The van der Waals surface area contributed by atoms with Crippen LogP contribution in [0.4, 0.5) is 13.2 Å². The van der Waals surface area contributed by atoms with Gasteiger partial charge in [0.15, 0.2) is 0 Å². The maximum Gasteiger partial charge on any atom is 0.416 e. The summed E-state index contributed by atoms with van der Waals surface area (Å²) < 4.78 is 75.7. The first kappa shape index (κ1) is 22.1. The summed E-state index contributed by atoms with van der Waals surface area (Å²) >= 11 is 0. The summed E-state index contributed by atoms with van der Waals surface area (Å²) in [6.45, 7) is 0.383. The van der Waals surface area contributed by atoms with Crippen molar-refractivity contribution in [3.05, 3.63) is 59.2 Å². The fraction of sp³-hybridized carbons (Fsp3) is 0.350. The Labute approximate surface area is 172 Å². The third kappa shape index (κ3) is 4.76. The first-order valence-electron chi connectivity index (χ1n) is 9.14. The van der Waals surface area contributed by atoms with E-state index in [4.69, 9.17) is 9.47 Å². The quantitative estimate of drug-likeness (QED) is 0.634. The molecule has 1 saturated heterocycles. The van der Waals surface area contributed by atoms with Crippen LogP contribution in [0, 0.1) is 0 Å². The highest BCUT2D eigenvalue weighted by Gasteiger charge is 2.31. The van der Waals surface area contributed by atoms with Crippen molar-refractivity contribution in [3.8, 4) is 5.75 Å². The average molecular weight is 443 g/mol. The van der Waals surface area contributed by atoms with E-state index in [2.05, 4.69) is 0 Å². The van der Waals surface area contributed by atoms with Gasteiger partial charge in [0.1, 0.15) is 17.3 Å². The lowest BCUT2D eigenvalue weighted by Crippen LogP contribution is -2.28. The molecule has 162 valence electrons. The number of rotatable bonds is 6. The van der Waals surface area contributed by atoms with Crippen LogP contribution in [0.2, 0.25) is 0 Å². The highest BCUT2D eigenvalue weighted by atomic mass is 32.2. The second-order valence-corrected chi connectivity index (χ2v) is 8.66. The summed E-state index contributed by atoms with van der Waals surface area (Å²) in [5, 5.41) is 0. The summed E-state index contributed by atoms with van der Waals surface area (Å²) in [6.07, 6.45) is -3.00. The number of benzene rings is 2. The van der Waals surface area contributed by atoms with Crippen LogP contribution in [-0.2, 0) is 27.5 Å². The molecule has 0 unspecified atom stereocenters. The van der Waals surface area contributed by atoms with Gasteiger partial charge in [0.05, 0.1) is 18.2 Å². The number of halogens is 3. The number of sulfonamides is 1. The van der Waals surface area contributed by atoms with Gasteiger partial charge in [-0.2, -0.15) is 17.5 Å². The van der Waals surface area contributed by atoms with Crippen molar-refractivity contribution in [1.29, 1.82) is 0 Å². The minimum atomic E-state index is -4.51. The van der Waals surface area contributed by atoms with Crippen molar-refractivity contribution in [3.63, 3.8) is 0 Å². The van der Waals surface area contributed by atoms with Gasteiger partial charge in [0.2, 0.25) is 10.0 Å². The van der Waals surface area contributed by atoms with Gasteiger partial charge in [-0.15, -0.1) is 0 Å². The number of nitrogens with zero attached hydrogens (tertiary/aromatic N) is 1. The summed E-state index contributed by atoms with van der Waals surface area (Å²) in [7, 11) is -2.53. The van der Waals surface area contributed by atoms with Gasteiger partial charge < -0.3 is 9.47 Å². The van der Waals surface area contributed by atoms with E-state index in [9.17, 15) is 26.4 Å². The maximum absolute atomic E-state index is 12.9. The molecule has 1 heterocycles. The first-order chi connectivity index (χ1) is 14.1. The van der Waals surface area contributed by atoms with Crippen LogP contribution >= 0.6 is 0 Å². The van der Waals surface area contributed by atoms with Crippen molar-refractivity contribution in [2.24, 2.45) is 0 Å². The Hall–Kier alpha value is -2.59. The third-order valence-electron chi connectivity index (χ3n) is 4.71. The van der Waals surface area contributed by atoms with Gasteiger partial charge in [-0.25, -0.2) is 13.2 Å². The molecule has 3 rings (SSSR count). The summed E-state index contributed by atoms with van der Waals surface area (Å²) in [5.74, 6) is -0.760. The Balaban J connectivity index is 1.80. The Bertz CT molecular complexity index is 1030. The second-order valence-electron chi connectivity index (χ2n) is 6.75. The molecule has 0 saturated carbocycles. The highest BCUT2D eigenvalue weighted by Crippen LogP contribution is 2.31. The number of alkyl halides is 3. The molecule has 6 nitrogen and oxygen atoms in total. The molecule has 0 amide bonds. The number of hydrogen-bond donors (Lipinski definition) is 0. The topological polar surface area (TPSA) is 72.9 Å². The molecule has 0 bridgehead atoms. The minimum absolute atomic E-state index is 0.0412. The van der Waals surface area contributed by atoms with Crippen molar-refractivity contribution in [2.75, 3.05) is 20.2 Å². The average Bonchev–Trinajstić information content (AvgIpc) is 3.27. The molecule has 1 fully saturated rings. The van der Waals surface area contributed by atoms with Gasteiger partial charge >= 0.3 is 12.1 Å². The van der Waals surface area contributed by atoms with Crippen molar-refractivity contribution < 1.29 is 35.9 Å². The van der Waals surface area contributed by atoms with E-state index in [1.807, 2.05) is 0 Å². The van der Waals surface area contributed by atoms with Gasteiger partial charge in [-0.3, -0.25) is 0 Å². The molecular formula is C20H20F3NO5S. The Morgan fingerprint density at radius 3 is 2.43 bits per heavy atom. The lowest BCUT2D eigenvalue weighted by atomic mass is 10.1. The number of carbonyl (C=O) groups is 1. The molecule has 10 heteroatoms. The van der Waals surface area contributed by atoms with E-state index >= 15 is 0 Å². The Morgan fingerprint density at radius 1 is 1.10 bits per heavy atom. The van der Waals surface area contributed by atoms with E-state index in [0.717, 1.165) is 25.0 Å². The van der Waals surface area contributed by atoms with Gasteiger partial charge in [-0.1, -0.05) is 12.1 Å². The second kappa shape index (κ2) is 8.65. The van der Waals surface area contributed by atoms with Crippen LogP contribution in [0.3, 0.4) is 0 Å². The van der Waals surface area contributed by atoms with Gasteiger partial charge in [0, 0.05) is 13.1 Å². The fourth-order valence-corrected chi connectivity index (χ4v) is 4.84. The number of ether oxygens (including phenoxy) is 2. The molecular weight excluding hydrogens is 423 g/mol. The molecule has 2 aromatic rings. The zero-order valence-corrected chi connectivity index (χ0v) is 16.9. The van der Waals surface area contributed by atoms with E-state index in [1.54, 1.807) is 0 Å². The molecule has 0 aromatic heterocycles. The fourth-order valence-electron chi connectivity index (χ4n) is 3.14. The lowest BCUT2D eigenvalue weighted by molar-refractivity contribution is -0.137. The zero-order valence-electron chi connectivity index (χ0n) is 16.1. The normalized spacial score (nSPS) is 15.2. The molecule has 0 spiro atoms. The number of methoxy groups -OCH3 is 1. The first-order valence-corrected chi connectivity index (χ1v) is 10.6. The monoisotopic (exact) mass is 443 g/mol. The van der Waals surface area contributed by atoms with Gasteiger partial charge in [-0.05, 0) is 48.7 Å². The molecule has 0 radical (unpaired) electrons. The third-order valence-corrected chi connectivity index (χ3v) is 6.63. The number of esters is 1. The molecule has 1 aliphatic rings. The van der Waals surface area contributed by atoms with E-state index < -0.39 is 27.7 Å². The summed E-state index contributed by atoms with van der Waals surface area (Å²) in [4.78, 5) is 12.3. The summed E-state index contributed by atoms with van der Waals surface area (Å²) in [5.41, 5.74) is -0.725. The summed E-state index contributed by atoms with van der Waals surface area (Å²) in [6, 6.07) is 8.30. The van der Waals surface area contributed by atoms with Crippen LogP contribution in [0.5, 0.6) is 5.75 Å². The predicted molar refractivity (Wildman–Crippen MR) is 102 cm³/mol. The number of carbonyl (C=O) groups excluding carboxylic acids is 1. The largest absolute Gasteiger partial charge is 0.495 e.